The summed E-state index contributed by atoms with van der Waals surface area (Å²) in [6, 6.07) is 19.8. The summed E-state index contributed by atoms with van der Waals surface area (Å²) < 4.78 is 7.35. The lowest BCUT2D eigenvalue weighted by molar-refractivity contribution is -0.160. The largest absolute Gasteiger partial charge is 0.466 e. The molecule has 0 bridgehead atoms. The number of carbonyl (C=O) groups is 2. The first kappa shape index (κ1) is 21.8. The molecule has 1 amide bonds. The topological polar surface area (TPSA) is 64.4 Å². The summed E-state index contributed by atoms with van der Waals surface area (Å²) in [6.45, 7) is 3.36. The zero-order chi connectivity index (χ0) is 22.4. The number of hydrogen-bond donors (Lipinski definition) is 0. The highest BCUT2D eigenvalue weighted by atomic mass is 16.5. The van der Waals surface area contributed by atoms with Crippen molar-refractivity contribution < 1.29 is 14.3 Å². The number of piperidine rings is 1. The van der Waals surface area contributed by atoms with E-state index in [4.69, 9.17) is 4.74 Å². The monoisotopic (exact) mass is 431 g/mol. The molecular weight excluding hydrogens is 402 g/mol. The average molecular weight is 432 g/mol. The van der Waals surface area contributed by atoms with Gasteiger partial charge in [-0.1, -0.05) is 60.7 Å². The molecule has 4 rings (SSSR count). The fourth-order valence-electron chi connectivity index (χ4n) is 4.53. The number of likely N-dealkylation sites (tertiary alicyclic amines) is 1. The Morgan fingerprint density at radius 2 is 1.78 bits per heavy atom. The predicted molar refractivity (Wildman–Crippen MR) is 123 cm³/mol. The van der Waals surface area contributed by atoms with Crippen LogP contribution in [0.25, 0.3) is 11.4 Å². The first-order valence-electron chi connectivity index (χ1n) is 11.2. The van der Waals surface area contributed by atoms with Crippen molar-refractivity contribution in [3.63, 3.8) is 0 Å². The number of carbonyl (C=O) groups excluding carboxylic acids is 2. The maximum absolute atomic E-state index is 13.3. The normalized spacial score (nSPS) is 18.3. The minimum absolute atomic E-state index is 0.0124. The van der Waals surface area contributed by atoms with Crippen LogP contribution in [0.3, 0.4) is 0 Å². The van der Waals surface area contributed by atoms with E-state index in [1.807, 2.05) is 83.3 Å². The van der Waals surface area contributed by atoms with Crippen LogP contribution in [-0.2, 0) is 27.3 Å². The Kier molecular flexibility index (Phi) is 6.69. The van der Waals surface area contributed by atoms with Crippen LogP contribution in [0.15, 0.2) is 73.1 Å². The van der Waals surface area contributed by atoms with Crippen LogP contribution in [-0.4, -0.2) is 46.0 Å². The summed E-state index contributed by atoms with van der Waals surface area (Å²) in [5.41, 5.74) is 1.33. The summed E-state index contributed by atoms with van der Waals surface area (Å²) in [7, 11) is 0. The second-order valence-corrected chi connectivity index (χ2v) is 8.33. The number of imidazole rings is 1. The van der Waals surface area contributed by atoms with Gasteiger partial charge >= 0.3 is 5.97 Å². The molecule has 166 valence electrons. The van der Waals surface area contributed by atoms with E-state index in [-0.39, 0.29) is 18.4 Å². The molecule has 2 heterocycles. The second-order valence-electron chi connectivity index (χ2n) is 8.33. The SMILES string of the molecule is CCOC(=O)[C@@]1(Cc2ccccc2)CCCN(C(=O)Cn2ccnc2-c2ccccc2)C1. The molecule has 32 heavy (non-hydrogen) atoms. The van der Waals surface area contributed by atoms with Gasteiger partial charge in [0.15, 0.2) is 0 Å². The fourth-order valence-corrected chi connectivity index (χ4v) is 4.53. The summed E-state index contributed by atoms with van der Waals surface area (Å²) >= 11 is 0. The Morgan fingerprint density at radius 1 is 1.06 bits per heavy atom. The van der Waals surface area contributed by atoms with Gasteiger partial charge in [-0.15, -0.1) is 0 Å². The molecule has 1 saturated heterocycles. The minimum atomic E-state index is -0.720. The van der Waals surface area contributed by atoms with E-state index in [0.29, 0.717) is 32.5 Å². The van der Waals surface area contributed by atoms with Crippen molar-refractivity contribution in [3.8, 4) is 11.4 Å². The van der Waals surface area contributed by atoms with Crippen LogP contribution < -0.4 is 0 Å². The zero-order valence-electron chi connectivity index (χ0n) is 18.4. The van der Waals surface area contributed by atoms with Crippen LogP contribution >= 0.6 is 0 Å². The first-order valence-corrected chi connectivity index (χ1v) is 11.2. The van der Waals surface area contributed by atoms with Crippen LogP contribution in [0, 0.1) is 5.41 Å². The van der Waals surface area contributed by atoms with Crippen molar-refractivity contribution >= 4 is 11.9 Å². The Labute approximate surface area is 188 Å². The van der Waals surface area contributed by atoms with E-state index in [0.717, 1.165) is 23.4 Å². The highest BCUT2D eigenvalue weighted by Crippen LogP contribution is 2.35. The van der Waals surface area contributed by atoms with E-state index in [1.54, 1.807) is 6.20 Å². The molecule has 2 aromatic carbocycles. The maximum atomic E-state index is 13.3. The summed E-state index contributed by atoms with van der Waals surface area (Å²) in [5.74, 6) is 0.535. The standard InChI is InChI=1S/C26H29N3O3/c1-2-32-25(31)26(18-21-10-5-3-6-11-21)14-9-16-29(20-26)23(30)19-28-17-15-27-24(28)22-12-7-4-8-13-22/h3-8,10-13,15,17H,2,9,14,16,18-20H2,1H3/t26-/m1/s1. The molecule has 0 saturated carbocycles. The molecule has 6 nitrogen and oxygen atoms in total. The molecule has 1 aromatic heterocycles. The Bertz CT molecular complexity index is 1050. The van der Waals surface area contributed by atoms with Gasteiger partial charge in [0.05, 0.1) is 12.0 Å². The number of aromatic nitrogens is 2. The van der Waals surface area contributed by atoms with Gasteiger partial charge in [0.2, 0.25) is 5.91 Å². The van der Waals surface area contributed by atoms with Crippen LogP contribution in [0.1, 0.15) is 25.3 Å². The number of ether oxygens (including phenoxy) is 1. The van der Waals surface area contributed by atoms with Crippen molar-refractivity contribution in [1.29, 1.82) is 0 Å². The molecule has 6 heteroatoms. The highest BCUT2D eigenvalue weighted by Gasteiger charge is 2.44. The van der Waals surface area contributed by atoms with Gasteiger partial charge in [-0.3, -0.25) is 9.59 Å². The molecule has 0 aliphatic carbocycles. The van der Waals surface area contributed by atoms with Crippen molar-refractivity contribution in [3.05, 3.63) is 78.6 Å². The zero-order valence-corrected chi connectivity index (χ0v) is 18.4. The van der Waals surface area contributed by atoms with Crippen LogP contribution in [0.4, 0.5) is 0 Å². The number of rotatable bonds is 7. The lowest BCUT2D eigenvalue weighted by atomic mass is 9.75. The van der Waals surface area contributed by atoms with E-state index < -0.39 is 5.41 Å². The minimum Gasteiger partial charge on any atom is -0.466 e. The van der Waals surface area contributed by atoms with Crippen LogP contribution in [0.5, 0.6) is 0 Å². The number of benzene rings is 2. The van der Waals surface area contributed by atoms with E-state index >= 15 is 0 Å². The number of esters is 1. The van der Waals surface area contributed by atoms with Gasteiger partial charge in [-0.25, -0.2) is 4.98 Å². The fraction of sp³-hybridized carbons (Fsp3) is 0.346. The van der Waals surface area contributed by atoms with Gasteiger partial charge in [0, 0.05) is 31.0 Å². The quantitative estimate of drug-likeness (QED) is 0.531. The van der Waals surface area contributed by atoms with Crippen molar-refractivity contribution in [1.82, 2.24) is 14.5 Å². The Balaban J connectivity index is 1.53. The third kappa shape index (κ3) is 4.74. The molecule has 0 N–H and O–H groups in total. The molecule has 0 radical (unpaired) electrons. The molecule has 1 aliphatic rings. The smallest absolute Gasteiger partial charge is 0.314 e. The maximum Gasteiger partial charge on any atom is 0.314 e. The lowest BCUT2D eigenvalue weighted by Crippen LogP contribution is -2.52. The van der Waals surface area contributed by atoms with Crippen LogP contribution in [0.2, 0.25) is 0 Å². The predicted octanol–water partition coefficient (Wildman–Crippen LogP) is 3.96. The van der Waals surface area contributed by atoms with E-state index in [1.165, 1.54) is 0 Å². The molecular formula is C26H29N3O3. The highest BCUT2D eigenvalue weighted by molar-refractivity contribution is 5.81. The summed E-state index contributed by atoms with van der Waals surface area (Å²) in [4.78, 5) is 32.6. The molecule has 1 fully saturated rings. The van der Waals surface area contributed by atoms with E-state index in [2.05, 4.69) is 4.98 Å². The molecule has 1 atom stereocenters. The van der Waals surface area contributed by atoms with Gasteiger partial charge < -0.3 is 14.2 Å². The second kappa shape index (κ2) is 9.81. The van der Waals surface area contributed by atoms with Gasteiger partial charge in [-0.05, 0) is 31.7 Å². The molecule has 1 aliphatic heterocycles. The van der Waals surface area contributed by atoms with Crippen molar-refractivity contribution in [2.45, 2.75) is 32.7 Å². The number of nitrogens with zero attached hydrogens (tertiary/aromatic N) is 3. The van der Waals surface area contributed by atoms with E-state index in [9.17, 15) is 9.59 Å². The third-order valence-electron chi connectivity index (χ3n) is 6.08. The number of hydrogen-bond acceptors (Lipinski definition) is 4. The van der Waals surface area contributed by atoms with Gasteiger partial charge in [-0.2, -0.15) is 0 Å². The van der Waals surface area contributed by atoms with Gasteiger partial charge in [0.25, 0.3) is 0 Å². The summed E-state index contributed by atoms with van der Waals surface area (Å²) in [5, 5.41) is 0. The molecule has 0 spiro atoms. The number of amides is 1. The molecule has 0 unspecified atom stereocenters. The third-order valence-corrected chi connectivity index (χ3v) is 6.08. The van der Waals surface area contributed by atoms with Crippen molar-refractivity contribution in [2.75, 3.05) is 19.7 Å². The summed E-state index contributed by atoms with van der Waals surface area (Å²) in [6.07, 6.45) is 5.59. The first-order chi connectivity index (χ1) is 15.6. The van der Waals surface area contributed by atoms with Crippen molar-refractivity contribution in [2.24, 2.45) is 5.41 Å². The average Bonchev–Trinajstić information content (AvgIpc) is 3.28. The Morgan fingerprint density at radius 3 is 2.50 bits per heavy atom. The Hall–Kier alpha value is -3.41. The molecule has 3 aromatic rings. The lowest BCUT2D eigenvalue weighted by Gasteiger charge is -2.41. The van der Waals surface area contributed by atoms with Gasteiger partial charge in [0.1, 0.15) is 12.4 Å².